The summed E-state index contributed by atoms with van der Waals surface area (Å²) in [6, 6.07) is 18.6. The highest BCUT2D eigenvalue weighted by Gasteiger charge is 2.31. The molecule has 0 bridgehead atoms. The molecule has 1 aliphatic rings. The lowest BCUT2D eigenvalue weighted by molar-refractivity contribution is -0.118. The molecule has 1 atom stereocenters. The Kier molecular flexibility index (Phi) is 7.01. The number of imide groups is 1. The number of nitrogens with one attached hydrogen (secondary N) is 2. The zero-order chi connectivity index (χ0) is 19.1. The van der Waals surface area contributed by atoms with Crippen LogP contribution in [0.1, 0.15) is 23.1 Å². The van der Waals surface area contributed by atoms with Gasteiger partial charge in [0.2, 0.25) is 5.91 Å². The summed E-state index contributed by atoms with van der Waals surface area (Å²) in [4.78, 5) is 23.7. The van der Waals surface area contributed by atoms with Crippen LogP contribution in [0.4, 0.5) is 4.79 Å². The van der Waals surface area contributed by atoms with Gasteiger partial charge < -0.3 is 5.32 Å². The van der Waals surface area contributed by atoms with Crippen molar-refractivity contribution in [2.45, 2.75) is 30.9 Å². The van der Waals surface area contributed by atoms with Gasteiger partial charge in [0.15, 0.2) is 0 Å². The van der Waals surface area contributed by atoms with E-state index >= 15 is 0 Å². The summed E-state index contributed by atoms with van der Waals surface area (Å²) in [5.74, 6) is -0.192. The van der Waals surface area contributed by atoms with Gasteiger partial charge in [-0.3, -0.25) is 14.9 Å². The van der Waals surface area contributed by atoms with Crippen LogP contribution >= 0.6 is 24.0 Å². The second-order valence-electron chi connectivity index (χ2n) is 6.49. The number of carbonyl (C=O) groups is 2. The van der Waals surface area contributed by atoms with Crippen LogP contribution in [-0.2, 0) is 24.1 Å². The van der Waals surface area contributed by atoms with Crippen molar-refractivity contribution in [1.82, 2.24) is 10.6 Å². The van der Waals surface area contributed by atoms with Crippen LogP contribution in [0.15, 0.2) is 54.6 Å². The van der Waals surface area contributed by atoms with Gasteiger partial charge in [0, 0.05) is 13.0 Å². The number of carbonyl (C=O) groups excluding carboxylic acids is 2. The van der Waals surface area contributed by atoms with E-state index in [9.17, 15) is 9.59 Å². The Morgan fingerprint density at radius 1 is 0.963 bits per heavy atom. The topological polar surface area (TPSA) is 58.2 Å². The number of hydrogen-bond donors (Lipinski definition) is 2. The first-order chi connectivity index (χ1) is 13.1. The lowest BCUT2D eigenvalue weighted by Gasteiger charge is -2.09. The number of benzene rings is 2. The standard InChI is InChI=1S/C21H22N2O2S2/c24-20-18(27-21(25)23-20)14-17-8-6-16(7-9-17)12-13-22-19(26)11-10-15-4-2-1-3-5-15/h1-9,18H,10-14H2,(H,22,26)(H,23,24,25). The van der Waals surface area contributed by atoms with E-state index in [1.165, 1.54) is 11.1 Å². The number of thiocarbonyl (C=S) groups is 1. The molecule has 2 aromatic carbocycles. The van der Waals surface area contributed by atoms with Crippen LogP contribution in [-0.4, -0.2) is 27.9 Å². The van der Waals surface area contributed by atoms with Gasteiger partial charge in [0.1, 0.15) is 0 Å². The van der Waals surface area contributed by atoms with E-state index in [1.54, 1.807) is 0 Å². The van der Waals surface area contributed by atoms with Crippen LogP contribution in [0.3, 0.4) is 0 Å². The minimum atomic E-state index is -0.313. The minimum Gasteiger partial charge on any atom is -0.379 e. The molecule has 1 heterocycles. The molecule has 140 valence electrons. The first-order valence-electron chi connectivity index (χ1n) is 9.00. The van der Waals surface area contributed by atoms with Crippen LogP contribution in [0, 0.1) is 0 Å². The highest BCUT2D eigenvalue weighted by molar-refractivity contribution is 8.15. The van der Waals surface area contributed by atoms with Gasteiger partial charge in [-0.2, -0.15) is 0 Å². The van der Waals surface area contributed by atoms with Crippen molar-refractivity contribution >= 4 is 40.1 Å². The largest absolute Gasteiger partial charge is 0.379 e. The summed E-state index contributed by atoms with van der Waals surface area (Å²) < 4.78 is 0. The molecule has 0 saturated carbocycles. The molecule has 0 aliphatic carbocycles. The molecule has 0 spiro atoms. The number of hydrogen-bond acceptors (Lipinski definition) is 4. The molecule has 2 N–H and O–H groups in total. The van der Waals surface area contributed by atoms with Crippen molar-refractivity contribution in [3.63, 3.8) is 0 Å². The molecular weight excluding hydrogens is 376 g/mol. The molecule has 2 aromatic rings. The third kappa shape index (κ3) is 6.19. The smallest absolute Gasteiger partial charge is 0.286 e. The van der Waals surface area contributed by atoms with E-state index in [2.05, 4.69) is 34.9 Å². The fourth-order valence-corrected chi connectivity index (χ4v) is 3.98. The summed E-state index contributed by atoms with van der Waals surface area (Å²) in [6.07, 6.45) is 3.28. The molecule has 2 amide bonds. The normalized spacial score (nSPS) is 16.2. The maximum Gasteiger partial charge on any atom is 0.286 e. The Morgan fingerprint density at radius 2 is 1.63 bits per heavy atom. The Morgan fingerprint density at radius 3 is 2.30 bits per heavy atom. The zero-order valence-electron chi connectivity index (χ0n) is 14.9. The first kappa shape index (κ1) is 19.6. The number of amides is 2. The van der Waals surface area contributed by atoms with E-state index < -0.39 is 0 Å². The van der Waals surface area contributed by atoms with Gasteiger partial charge in [0.25, 0.3) is 5.24 Å². The quantitative estimate of drug-likeness (QED) is 0.665. The fraction of sp³-hybridized carbons (Fsp3) is 0.286. The number of aryl methyl sites for hydroxylation is 1. The average Bonchev–Trinajstić information content (AvgIpc) is 2.99. The molecule has 1 unspecified atom stereocenters. The number of rotatable bonds is 8. The lowest BCUT2D eigenvalue weighted by atomic mass is 10.1. The molecule has 0 aromatic heterocycles. The van der Waals surface area contributed by atoms with E-state index in [0.717, 1.165) is 48.1 Å². The van der Waals surface area contributed by atoms with Crippen molar-refractivity contribution in [1.29, 1.82) is 0 Å². The summed E-state index contributed by atoms with van der Waals surface area (Å²) in [5.41, 5.74) is 3.58. The zero-order valence-corrected chi connectivity index (χ0v) is 16.6. The van der Waals surface area contributed by atoms with Gasteiger partial charge in [-0.25, -0.2) is 0 Å². The molecule has 1 saturated heterocycles. The summed E-state index contributed by atoms with van der Waals surface area (Å²) in [5, 5.41) is 5.08. The second kappa shape index (κ2) is 9.67. The van der Waals surface area contributed by atoms with E-state index in [0.29, 0.717) is 6.42 Å². The molecule has 1 aliphatic heterocycles. The average molecular weight is 399 g/mol. The third-order valence-corrected chi connectivity index (χ3v) is 5.76. The van der Waals surface area contributed by atoms with Crippen LogP contribution < -0.4 is 10.6 Å². The Labute approximate surface area is 169 Å². The van der Waals surface area contributed by atoms with Crippen LogP contribution in [0.5, 0.6) is 0 Å². The van der Waals surface area contributed by atoms with Gasteiger partial charge in [0.05, 0.1) is 10.2 Å². The highest BCUT2D eigenvalue weighted by atomic mass is 32.2. The van der Waals surface area contributed by atoms with Crippen molar-refractivity contribution in [2.24, 2.45) is 0 Å². The second-order valence-corrected chi connectivity index (χ2v) is 8.16. The summed E-state index contributed by atoms with van der Waals surface area (Å²) in [7, 11) is 0. The van der Waals surface area contributed by atoms with Crippen molar-refractivity contribution in [3.8, 4) is 0 Å². The van der Waals surface area contributed by atoms with Crippen molar-refractivity contribution in [3.05, 3.63) is 71.3 Å². The molecule has 0 radical (unpaired) electrons. The lowest BCUT2D eigenvalue weighted by Crippen LogP contribution is -2.25. The Balaban J connectivity index is 1.38. The van der Waals surface area contributed by atoms with Crippen molar-refractivity contribution < 1.29 is 9.59 Å². The molecule has 4 nitrogen and oxygen atoms in total. The summed E-state index contributed by atoms with van der Waals surface area (Å²) >= 11 is 6.48. The molecule has 1 fully saturated rings. The Hall–Kier alpha value is -2.18. The molecule has 6 heteroatoms. The predicted octanol–water partition coefficient (Wildman–Crippen LogP) is 3.67. The van der Waals surface area contributed by atoms with Gasteiger partial charge >= 0.3 is 0 Å². The van der Waals surface area contributed by atoms with Gasteiger partial charge in [-0.05, 0) is 36.0 Å². The molecule has 27 heavy (non-hydrogen) atoms. The van der Waals surface area contributed by atoms with Crippen LogP contribution in [0.2, 0.25) is 0 Å². The van der Waals surface area contributed by atoms with E-state index in [-0.39, 0.29) is 16.4 Å². The maximum absolute atomic E-state index is 11.6. The highest BCUT2D eigenvalue weighted by Crippen LogP contribution is 2.23. The third-order valence-electron chi connectivity index (χ3n) is 4.43. The first-order valence-corrected chi connectivity index (χ1v) is 10.3. The monoisotopic (exact) mass is 398 g/mol. The van der Waals surface area contributed by atoms with Crippen molar-refractivity contribution in [2.75, 3.05) is 6.54 Å². The minimum absolute atomic E-state index is 0.192. The Bertz CT molecular complexity index is 807. The predicted molar refractivity (Wildman–Crippen MR) is 114 cm³/mol. The SMILES string of the molecule is O=C1NC(=O)C(Cc2ccc(CCNC(=S)CCc3ccccc3)cc2)S1. The summed E-state index contributed by atoms with van der Waals surface area (Å²) in [6.45, 7) is 0.808. The number of thioether (sulfide) groups is 1. The maximum atomic E-state index is 11.6. The van der Waals surface area contributed by atoms with E-state index in [1.807, 2.05) is 30.3 Å². The van der Waals surface area contributed by atoms with E-state index in [4.69, 9.17) is 12.2 Å². The molecular formula is C21H22N2O2S2. The van der Waals surface area contributed by atoms with Gasteiger partial charge in [-0.15, -0.1) is 0 Å². The van der Waals surface area contributed by atoms with Crippen LogP contribution in [0.25, 0.3) is 0 Å². The van der Waals surface area contributed by atoms with Gasteiger partial charge in [-0.1, -0.05) is 78.6 Å². The molecule has 3 rings (SSSR count). The fourth-order valence-electron chi connectivity index (χ4n) is 2.92.